The average Bonchev–Trinajstić information content (AvgIpc) is 2.81. The lowest BCUT2D eigenvalue weighted by molar-refractivity contribution is -0.131. The van der Waals surface area contributed by atoms with E-state index in [0.717, 1.165) is 28.1 Å². The second-order valence-electron chi connectivity index (χ2n) is 4.43. The molecule has 0 bridgehead atoms. The van der Waals surface area contributed by atoms with E-state index in [-0.39, 0.29) is 0 Å². The number of aliphatic carboxylic acids is 1. The number of aryl methyl sites for hydroxylation is 2. The molecule has 5 heteroatoms. The van der Waals surface area contributed by atoms with Crippen molar-refractivity contribution in [1.82, 2.24) is 4.98 Å². The molecule has 1 N–H and O–H groups in total. The summed E-state index contributed by atoms with van der Waals surface area (Å²) in [5.74, 6) is -0.0758. The van der Waals surface area contributed by atoms with Crippen molar-refractivity contribution < 1.29 is 9.90 Å². The van der Waals surface area contributed by atoms with Crippen LogP contribution in [0, 0.1) is 13.8 Å². The molecule has 0 aromatic carbocycles. The van der Waals surface area contributed by atoms with Gasteiger partial charge in [-0.25, -0.2) is 9.78 Å². The molecule has 3 nitrogen and oxygen atoms in total. The van der Waals surface area contributed by atoms with Crippen LogP contribution in [0.5, 0.6) is 0 Å². The number of thiophene rings is 1. The largest absolute Gasteiger partial charge is 0.478 e. The van der Waals surface area contributed by atoms with Gasteiger partial charge in [-0.05, 0) is 54.6 Å². The van der Waals surface area contributed by atoms with E-state index in [0.29, 0.717) is 0 Å². The highest BCUT2D eigenvalue weighted by atomic mass is 32.2. The van der Waals surface area contributed by atoms with Crippen LogP contribution in [0.3, 0.4) is 0 Å². The Bertz CT molecular complexity index is 627. The summed E-state index contributed by atoms with van der Waals surface area (Å²) < 4.78 is 0. The van der Waals surface area contributed by atoms with Crippen molar-refractivity contribution in [1.29, 1.82) is 0 Å². The fourth-order valence-electron chi connectivity index (χ4n) is 1.75. The van der Waals surface area contributed by atoms with Crippen LogP contribution in [0.4, 0.5) is 0 Å². The van der Waals surface area contributed by atoms with Crippen molar-refractivity contribution in [3.05, 3.63) is 51.4 Å². The molecule has 0 aliphatic heterocycles. The van der Waals surface area contributed by atoms with Gasteiger partial charge in [-0.15, -0.1) is 23.1 Å². The Balaban J connectivity index is 1.99. The Morgan fingerprint density at radius 3 is 2.90 bits per heavy atom. The Hall–Kier alpha value is -1.59. The quantitative estimate of drug-likeness (QED) is 0.666. The monoisotopic (exact) mass is 305 g/mol. The molecule has 104 valence electrons. The van der Waals surface area contributed by atoms with Gasteiger partial charge in [-0.1, -0.05) is 0 Å². The summed E-state index contributed by atoms with van der Waals surface area (Å²) >= 11 is 3.33. The molecule has 2 aromatic heterocycles. The minimum atomic E-state index is -0.924. The number of aromatic nitrogens is 1. The fraction of sp³-hybridized carbons (Fsp3) is 0.200. The number of carboxylic acids is 1. The summed E-state index contributed by atoms with van der Waals surface area (Å²) in [6.07, 6.45) is 2.77. The highest BCUT2D eigenvalue weighted by Crippen LogP contribution is 2.26. The van der Waals surface area contributed by atoms with Crippen LogP contribution in [0.25, 0.3) is 6.08 Å². The summed E-state index contributed by atoms with van der Waals surface area (Å²) in [5.41, 5.74) is 3.18. The smallest absolute Gasteiger partial charge is 0.328 e. The van der Waals surface area contributed by atoms with E-state index >= 15 is 0 Å². The summed E-state index contributed by atoms with van der Waals surface area (Å²) in [6, 6.07) is 6.15. The molecule has 0 fully saturated rings. The van der Waals surface area contributed by atoms with Crippen LogP contribution in [0.1, 0.15) is 21.7 Å². The average molecular weight is 305 g/mol. The lowest BCUT2D eigenvalue weighted by Crippen LogP contribution is -1.87. The van der Waals surface area contributed by atoms with Crippen LogP contribution in [-0.4, -0.2) is 16.1 Å². The number of hydrogen-bond donors (Lipinski definition) is 1. The number of carbonyl (C=O) groups is 1. The Kier molecular flexibility index (Phi) is 4.98. The minimum Gasteiger partial charge on any atom is -0.478 e. The molecule has 0 aliphatic rings. The number of nitrogens with zero attached hydrogens (tertiary/aromatic N) is 1. The van der Waals surface area contributed by atoms with E-state index in [1.165, 1.54) is 10.4 Å². The molecule has 0 spiro atoms. The first-order chi connectivity index (χ1) is 9.52. The van der Waals surface area contributed by atoms with Crippen LogP contribution >= 0.6 is 23.1 Å². The predicted octanol–water partition coefficient (Wildman–Crippen LogP) is 4.15. The van der Waals surface area contributed by atoms with Gasteiger partial charge in [0.25, 0.3) is 0 Å². The Morgan fingerprint density at radius 1 is 1.40 bits per heavy atom. The van der Waals surface area contributed by atoms with Gasteiger partial charge in [-0.2, -0.15) is 0 Å². The highest BCUT2D eigenvalue weighted by Gasteiger charge is 2.02. The van der Waals surface area contributed by atoms with Crippen molar-refractivity contribution >= 4 is 35.1 Å². The van der Waals surface area contributed by atoms with Crippen molar-refractivity contribution in [3.63, 3.8) is 0 Å². The zero-order valence-electron chi connectivity index (χ0n) is 11.3. The highest BCUT2D eigenvalue weighted by molar-refractivity contribution is 7.98. The van der Waals surface area contributed by atoms with Gasteiger partial charge in [0.2, 0.25) is 0 Å². The van der Waals surface area contributed by atoms with Gasteiger partial charge in [0, 0.05) is 22.4 Å². The van der Waals surface area contributed by atoms with E-state index in [2.05, 4.69) is 24.0 Å². The van der Waals surface area contributed by atoms with Crippen molar-refractivity contribution in [2.45, 2.75) is 24.6 Å². The summed E-state index contributed by atoms with van der Waals surface area (Å²) in [6.45, 7) is 4.07. The lowest BCUT2D eigenvalue weighted by Gasteiger charge is -2.02. The fourth-order valence-corrected chi connectivity index (χ4v) is 3.69. The van der Waals surface area contributed by atoms with Crippen molar-refractivity contribution in [2.75, 3.05) is 0 Å². The molecule has 0 unspecified atom stereocenters. The normalized spacial score (nSPS) is 11.1. The SMILES string of the molecule is Cc1cc(C)nc(SCc2cc(/C=C/C(=O)O)cs2)c1. The van der Waals surface area contributed by atoms with E-state index in [4.69, 9.17) is 5.11 Å². The van der Waals surface area contributed by atoms with Crippen LogP contribution in [0.15, 0.2) is 34.7 Å². The summed E-state index contributed by atoms with van der Waals surface area (Å²) in [7, 11) is 0. The third-order valence-corrected chi connectivity index (χ3v) is 4.63. The molecule has 0 atom stereocenters. The minimum absolute atomic E-state index is 0.849. The molecule has 2 aromatic rings. The lowest BCUT2D eigenvalue weighted by atomic mass is 10.3. The predicted molar refractivity (Wildman–Crippen MR) is 84.3 cm³/mol. The van der Waals surface area contributed by atoms with E-state index in [9.17, 15) is 4.79 Å². The third kappa shape index (κ3) is 4.51. The Labute approximate surface area is 126 Å². The van der Waals surface area contributed by atoms with Crippen LogP contribution in [0.2, 0.25) is 0 Å². The van der Waals surface area contributed by atoms with Crippen molar-refractivity contribution in [2.24, 2.45) is 0 Å². The molecule has 0 saturated carbocycles. The number of rotatable bonds is 5. The molecule has 0 aliphatic carbocycles. The maximum absolute atomic E-state index is 10.5. The molecule has 0 saturated heterocycles. The van der Waals surface area contributed by atoms with Gasteiger partial charge < -0.3 is 5.11 Å². The third-order valence-electron chi connectivity index (χ3n) is 2.53. The summed E-state index contributed by atoms with van der Waals surface area (Å²) in [4.78, 5) is 16.2. The van der Waals surface area contributed by atoms with Gasteiger partial charge in [0.1, 0.15) is 0 Å². The van der Waals surface area contributed by atoms with E-state index < -0.39 is 5.97 Å². The number of hydrogen-bond acceptors (Lipinski definition) is 4. The molecule has 0 amide bonds. The summed E-state index contributed by atoms with van der Waals surface area (Å²) in [5, 5.41) is 11.6. The topological polar surface area (TPSA) is 50.2 Å². The van der Waals surface area contributed by atoms with E-state index in [1.807, 2.05) is 18.4 Å². The van der Waals surface area contributed by atoms with Gasteiger partial charge >= 0.3 is 5.97 Å². The maximum Gasteiger partial charge on any atom is 0.328 e. The second kappa shape index (κ2) is 6.72. The van der Waals surface area contributed by atoms with E-state index in [1.54, 1.807) is 29.2 Å². The molecular formula is C15H15NO2S2. The standard InChI is InChI=1S/C15H15NO2S2/c1-10-5-11(2)16-14(6-10)20-9-13-7-12(8-19-13)3-4-15(17)18/h3-8H,9H2,1-2H3,(H,17,18)/b4-3+. The second-order valence-corrected chi connectivity index (χ2v) is 6.42. The van der Waals surface area contributed by atoms with Crippen LogP contribution < -0.4 is 0 Å². The maximum atomic E-state index is 10.5. The van der Waals surface area contributed by atoms with Gasteiger partial charge in [0.15, 0.2) is 0 Å². The Morgan fingerprint density at radius 2 is 2.20 bits per heavy atom. The molecular weight excluding hydrogens is 290 g/mol. The molecule has 0 radical (unpaired) electrons. The van der Waals surface area contributed by atoms with Gasteiger partial charge in [-0.3, -0.25) is 0 Å². The molecule has 2 rings (SSSR count). The molecule has 20 heavy (non-hydrogen) atoms. The van der Waals surface area contributed by atoms with Crippen molar-refractivity contribution in [3.8, 4) is 0 Å². The number of carboxylic acid groups (broad SMARTS) is 1. The first kappa shape index (κ1) is 14.8. The first-order valence-corrected chi connectivity index (χ1v) is 7.96. The number of pyridine rings is 1. The zero-order chi connectivity index (χ0) is 14.5. The van der Waals surface area contributed by atoms with Crippen LogP contribution in [-0.2, 0) is 10.5 Å². The zero-order valence-corrected chi connectivity index (χ0v) is 12.9. The molecule has 2 heterocycles. The first-order valence-electron chi connectivity index (χ1n) is 6.09. The number of thioether (sulfide) groups is 1. The van der Waals surface area contributed by atoms with Gasteiger partial charge in [0.05, 0.1) is 5.03 Å².